The molecule has 0 bridgehead atoms. The highest BCUT2D eigenvalue weighted by Crippen LogP contribution is 2.10. The van der Waals surface area contributed by atoms with Crippen molar-refractivity contribution in [1.29, 1.82) is 0 Å². The van der Waals surface area contributed by atoms with Crippen LogP contribution >= 0.6 is 0 Å². The molecule has 0 radical (unpaired) electrons. The number of rotatable bonds is 4. The molecule has 2 heterocycles. The first kappa shape index (κ1) is 14.1. The molecule has 2 rings (SSSR count). The number of hydrogen-bond donors (Lipinski definition) is 0. The average Bonchev–Trinajstić information content (AvgIpc) is 2.75. The molecule has 1 saturated heterocycles. The Morgan fingerprint density at radius 3 is 2.79 bits per heavy atom. The number of amides is 1. The van der Waals surface area contributed by atoms with Crippen LogP contribution in [0.25, 0.3) is 0 Å². The monoisotopic (exact) mass is 264 g/mol. The molecule has 0 saturated carbocycles. The molecule has 0 spiro atoms. The third-order valence-electron chi connectivity index (χ3n) is 3.57. The highest BCUT2D eigenvalue weighted by atomic mass is 16.2. The van der Waals surface area contributed by atoms with Crippen molar-refractivity contribution >= 4 is 5.91 Å². The molecule has 1 aromatic heterocycles. The van der Waals surface area contributed by atoms with E-state index >= 15 is 0 Å². The van der Waals surface area contributed by atoms with Gasteiger partial charge in [-0.1, -0.05) is 0 Å². The van der Waals surface area contributed by atoms with Crippen LogP contribution in [0.1, 0.15) is 38.9 Å². The van der Waals surface area contributed by atoms with Crippen molar-refractivity contribution in [2.75, 3.05) is 26.2 Å². The first-order valence-corrected chi connectivity index (χ1v) is 7.14. The first-order valence-electron chi connectivity index (χ1n) is 7.14. The highest BCUT2D eigenvalue weighted by Gasteiger charge is 2.20. The summed E-state index contributed by atoms with van der Waals surface area (Å²) >= 11 is 0. The Morgan fingerprint density at radius 2 is 2.16 bits per heavy atom. The maximum absolute atomic E-state index is 12.0. The van der Waals surface area contributed by atoms with Gasteiger partial charge in [0.15, 0.2) is 0 Å². The minimum absolute atomic E-state index is 0.239. The second kappa shape index (κ2) is 6.19. The third-order valence-corrected chi connectivity index (χ3v) is 3.57. The van der Waals surface area contributed by atoms with E-state index in [1.165, 1.54) is 0 Å². The largest absolute Gasteiger partial charge is 0.342 e. The highest BCUT2D eigenvalue weighted by molar-refractivity contribution is 5.78. The molecule has 19 heavy (non-hydrogen) atoms. The minimum Gasteiger partial charge on any atom is -0.342 e. The summed E-state index contributed by atoms with van der Waals surface area (Å²) in [6, 6.07) is 2.43. The summed E-state index contributed by atoms with van der Waals surface area (Å²) in [7, 11) is 0. The van der Waals surface area contributed by atoms with Crippen LogP contribution < -0.4 is 0 Å². The molecular formula is C14H24N4O. The number of carbonyl (C=O) groups excluding carboxylic acids is 1. The molecule has 0 unspecified atom stereocenters. The average molecular weight is 264 g/mol. The fraction of sp³-hybridized carbons (Fsp3) is 0.714. The zero-order valence-electron chi connectivity index (χ0n) is 12.2. The van der Waals surface area contributed by atoms with Crippen molar-refractivity contribution < 1.29 is 4.79 Å². The minimum atomic E-state index is 0.239. The van der Waals surface area contributed by atoms with Gasteiger partial charge in [0.05, 0.1) is 12.2 Å². The van der Waals surface area contributed by atoms with E-state index < -0.39 is 0 Å². The second-order valence-electron chi connectivity index (χ2n) is 5.42. The van der Waals surface area contributed by atoms with E-state index in [-0.39, 0.29) is 5.91 Å². The SMILES string of the molecule is CCN1CCCN(Cc2ccn(C(C)C)n2)CC1=O. The van der Waals surface area contributed by atoms with Gasteiger partial charge in [0, 0.05) is 38.4 Å². The van der Waals surface area contributed by atoms with Gasteiger partial charge in [0.1, 0.15) is 0 Å². The maximum atomic E-state index is 12.0. The van der Waals surface area contributed by atoms with E-state index in [2.05, 4.69) is 23.8 Å². The lowest BCUT2D eigenvalue weighted by molar-refractivity contribution is -0.131. The molecule has 1 aromatic rings. The van der Waals surface area contributed by atoms with Crippen molar-refractivity contribution in [3.05, 3.63) is 18.0 Å². The molecule has 1 fully saturated rings. The zero-order valence-corrected chi connectivity index (χ0v) is 12.2. The second-order valence-corrected chi connectivity index (χ2v) is 5.42. The van der Waals surface area contributed by atoms with Crippen LogP contribution in [0.5, 0.6) is 0 Å². The molecule has 5 nitrogen and oxygen atoms in total. The lowest BCUT2D eigenvalue weighted by Gasteiger charge is -2.19. The van der Waals surface area contributed by atoms with Gasteiger partial charge >= 0.3 is 0 Å². The Bertz CT molecular complexity index is 427. The van der Waals surface area contributed by atoms with Crippen LogP contribution in [0.4, 0.5) is 0 Å². The number of hydrogen-bond acceptors (Lipinski definition) is 3. The molecule has 1 amide bonds. The Morgan fingerprint density at radius 1 is 1.37 bits per heavy atom. The Hall–Kier alpha value is -1.36. The molecule has 0 N–H and O–H groups in total. The van der Waals surface area contributed by atoms with Crippen molar-refractivity contribution in [3.8, 4) is 0 Å². The van der Waals surface area contributed by atoms with Crippen molar-refractivity contribution in [3.63, 3.8) is 0 Å². The lowest BCUT2D eigenvalue weighted by Crippen LogP contribution is -2.36. The van der Waals surface area contributed by atoms with E-state index in [0.29, 0.717) is 12.6 Å². The van der Waals surface area contributed by atoms with Gasteiger partial charge in [-0.15, -0.1) is 0 Å². The topological polar surface area (TPSA) is 41.4 Å². The van der Waals surface area contributed by atoms with E-state index in [4.69, 9.17) is 0 Å². The lowest BCUT2D eigenvalue weighted by atomic mass is 10.3. The number of carbonyl (C=O) groups is 1. The van der Waals surface area contributed by atoms with Gasteiger partial charge in [-0.2, -0.15) is 5.10 Å². The molecule has 0 aromatic carbocycles. The third kappa shape index (κ3) is 3.56. The first-order chi connectivity index (χ1) is 9.10. The number of likely N-dealkylation sites (N-methyl/N-ethyl adjacent to an activating group) is 1. The summed E-state index contributed by atoms with van der Waals surface area (Å²) in [5, 5.41) is 4.55. The predicted octanol–water partition coefficient (Wildman–Crippen LogP) is 1.52. The van der Waals surface area contributed by atoms with Crippen LogP contribution in [0.3, 0.4) is 0 Å². The summed E-state index contributed by atoms with van der Waals surface area (Å²) in [6.07, 6.45) is 3.06. The standard InChI is InChI=1S/C14H24N4O/c1-4-17-8-5-7-16(11-14(17)19)10-13-6-9-18(15-13)12(2)3/h6,9,12H,4-5,7-8,10-11H2,1-3H3. The summed E-state index contributed by atoms with van der Waals surface area (Å²) in [4.78, 5) is 16.2. The van der Waals surface area contributed by atoms with E-state index in [1.54, 1.807) is 0 Å². The molecule has 1 aliphatic heterocycles. The molecular weight excluding hydrogens is 240 g/mol. The van der Waals surface area contributed by atoms with Crippen LogP contribution in [0.15, 0.2) is 12.3 Å². The Labute approximate surface area is 115 Å². The Balaban J connectivity index is 1.96. The van der Waals surface area contributed by atoms with E-state index in [0.717, 1.165) is 38.3 Å². The quantitative estimate of drug-likeness (QED) is 0.828. The van der Waals surface area contributed by atoms with Crippen LogP contribution in [-0.2, 0) is 11.3 Å². The summed E-state index contributed by atoms with van der Waals surface area (Å²) in [6.45, 7) is 10.2. The normalized spacial score (nSPS) is 18.1. The van der Waals surface area contributed by atoms with Gasteiger partial charge in [-0.05, 0) is 33.3 Å². The molecule has 106 valence electrons. The summed E-state index contributed by atoms with van der Waals surface area (Å²) < 4.78 is 1.97. The Kier molecular flexibility index (Phi) is 4.58. The molecule has 0 atom stereocenters. The van der Waals surface area contributed by atoms with Crippen LogP contribution in [0.2, 0.25) is 0 Å². The van der Waals surface area contributed by atoms with Crippen molar-refractivity contribution in [2.24, 2.45) is 0 Å². The van der Waals surface area contributed by atoms with Gasteiger partial charge < -0.3 is 4.90 Å². The van der Waals surface area contributed by atoms with Crippen molar-refractivity contribution in [1.82, 2.24) is 19.6 Å². The zero-order chi connectivity index (χ0) is 13.8. The predicted molar refractivity (Wildman–Crippen MR) is 74.8 cm³/mol. The van der Waals surface area contributed by atoms with Gasteiger partial charge in [-0.25, -0.2) is 0 Å². The van der Waals surface area contributed by atoms with Crippen LogP contribution in [0, 0.1) is 0 Å². The smallest absolute Gasteiger partial charge is 0.236 e. The molecule has 1 aliphatic rings. The molecule has 5 heteroatoms. The summed E-state index contributed by atoms with van der Waals surface area (Å²) in [5.74, 6) is 0.239. The summed E-state index contributed by atoms with van der Waals surface area (Å²) in [5.41, 5.74) is 1.05. The van der Waals surface area contributed by atoms with Gasteiger partial charge in [0.2, 0.25) is 5.91 Å². The van der Waals surface area contributed by atoms with Crippen LogP contribution in [-0.4, -0.2) is 51.7 Å². The maximum Gasteiger partial charge on any atom is 0.236 e. The van der Waals surface area contributed by atoms with Gasteiger partial charge in [-0.3, -0.25) is 14.4 Å². The fourth-order valence-electron chi connectivity index (χ4n) is 2.43. The number of aromatic nitrogens is 2. The number of nitrogens with zero attached hydrogens (tertiary/aromatic N) is 4. The van der Waals surface area contributed by atoms with E-state index in [9.17, 15) is 4.79 Å². The molecule has 0 aliphatic carbocycles. The van der Waals surface area contributed by atoms with Gasteiger partial charge in [0.25, 0.3) is 0 Å². The fourth-order valence-corrected chi connectivity index (χ4v) is 2.43. The van der Waals surface area contributed by atoms with E-state index in [1.807, 2.05) is 28.8 Å². The van der Waals surface area contributed by atoms with Crippen molar-refractivity contribution in [2.45, 2.75) is 39.8 Å².